The molecule has 0 saturated carbocycles. The Labute approximate surface area is 380 Å². The predicted molar refractivity (Wildman–Crippen MR) is 261 cm³/mol. The molecule has 0 aromatic rings. The van der Waals surface area contributed by atoms with Crippen LogP contribution in [0.3, 0.4) is 0 Å². The van der Waals surface area contributed by atoms with Crippen LogP contribution in [-0.4, -0.2) is 85.9 Å². The highest BCUT2D eigenvalue weighted by Gasteiger charge is 2.27. The number of aliphatic hydroxyl groups is 1. The summed E-state index contributed by atoms with van der Waals surface area (Å²) in [6.45, 7) is 16.7. The molecule has 1 fully saturated rings. The van der Waals surface area contributed by atoms with Gasteiger partial charge in [-0.05, 0) is 82.2 Å². The normalized spacial score (nSPS) is 13.5. The van der Waals surface area contributed by atoms with E-state index in [9.17, 15) is 14.7 Å². The van der Waals surface area contributed by atoms with Crippen molar-refractivity contribution in [1.29, 1.82) is 0 Å². The van der Waals surface area contributed by atoms with Gasteiger partial charge in [-0.15, -0.1) is 0 Å². The number of ether oxygens (including phenoxy) is 2. The highest BCUT2D eigenvalue weighted by molar-refractivity contribution is 5.69. The molecule has 0 amide bonds. The Balaban J connectivity index is 2.21. The van der Waals surface area contributed by atoms with E-state index >= 15 is 0 Å². The van der Waals surface area contributed by atoms with Crippen LogP contribution in [0.15, 0.2) is 0 Å². The van der Waals surface area contributed by atoms with Crippen molar-refractivity contribution in [2.24, 2.45) is 17.8 Å². The topological polar surface area (TPSA) is 79.3 Å². The lowest BCUT2D eigenvalue weighted by Gasteiger charge is -2.41. The second-order valence-electron chi connectivity index (χ2n) is 19.6. The quantitative estimate of drug-likeness (QED) is 0.0482. The van der Waals surface area contributed by atoms with E-state index in [0.717, 1.165) is 77.8 Å². The van der Waals surface area contributed by atoms with Gasteiger partial charge < -0.3 is 24.4 Å². The number of aliphatic hydroxyl groups excluding tert-OH is 1. The summed E-state index contributed by atoms with van der Waals surface area (Å²) in [5.41, 5.74) is 0. The molecule has 0 bridgehead atoms. The number of hydrogen-bond acceptors (Lipinski definition) is 7. The van der Waals surface area contributed by atoms with Crippen molar-refractivity contribution in [1.82, 2.24) is 9.80 Å². The molecule has 362 valence electrons. The fourth-order valence-corrected chi connectivity index (χ4v) is 9.38. The SMILES string of the molecule is CCCCCCCCC(CCCCCCCC)COC(=O)CCCCCN(CCO)CC1CN(CCCCCC(=O)OCC(CCCCCCCC)CCCCCCCC)C1. The predicted octanol–water partition coefficient (Wildman–Crippen LogP) is 14.7. The molecule has 0 spiro atoms. The van der Waals surface area contributed by atoms with E-state index < -0.39 is 0 Å². The fraction of sp³-hybridized carbons (Fsp3) is 0.963. The van der Waals surface area contributed by atoms with Crippen molar-refractivity contribution in [3.05, 3.63) is 0 Å². The maximum absolute atomic E-state index is 12.7. The van der Waals surface area contributed by atoms with Crippen molar-refractivity contribution >= 4 is 11.9 Å². The van der Waals surface area contributed by atoms with Gasteiger partial charge in [-0.1, -0.05) is 195 Å². The number of nitrogens with zero attached hydrogens (tertiary/aromatic N) is 2. The van der Waals surface area contributed by atoms with Crippen LogP contribution in [-0.2, 0) is 19.1 Å². The number of carbonyl (C=O) groups excluding carboxylic acids is 2. The van der Waals surface area contributed by atoms with Crippen molar-refractivity contribution in [2.45, 2.75) is 259 Å². The van der Waals surface area contributed by atoms with E-state index in [1.54, 1.807) is 0 Å². The second kappa shape index (κ2) is 44.0. The van der Waals surface area contributed by atoms with Gasteiger partial charge in [-0.3, -0.25) is 9.59 Å². The van der Waals surface area contributed by atoms with Crippen LogP contribution in [0.4, 0.5) is 0 Å². The van der Waals surface area contributed by atoms with Gasteiger partial charge in [0.15, 0.2) is 0 Å². The van der Waals surface area contributed by atoms with Gasteiger partial charge in [0, 0.05) is 39.0 Å². The lowest BCUT2D eigenvalue weighted by Crippen LogP contribution is -2.52. The van der Waals surface area contributed by atoms with Gasteiger partial charge in [-0.25, -0.2) is 0 Å². The summed E-state index contributed by atoms with van der Waals surface area (Å²) in [4.78, 5) is 30.3. The van der Waals surface area contributed by atoms with E-state index in [4.69, 9.17) is 9.47 Å². The van der Waals surface area contributed by atoms with Crippen LogP contribution in [0.25, 0.3) is 0 Å². The average Bonchev–Trinajstić information content (AvgIpc) is 3.24. The standard InChI is InChI=1S/C54H106N2O5/c1-5-9-13-17-21-27-35-50(36-28-22-18-14-10-6-2)48-60-53(58)39-31-25-33-41-55(43-44-57)45-52-46-56(47-52)42-34-26-32-40-54(59)61-49-51(37-29-23-19-15-11-7-3)38-30-24-20-16-12-8-4/h50-52,57H,5-49H2,1-4H3. The summed E-state index contributed by atoms with van der Waals surface area (Å²) >= 11 is 0. The first-order chi connectivity index (χ1) is 29.9. The molecule has 0 unspecified atom stereocenters. The lowest BCUT2D eigenvalue weighted by molar-refractivity contribution is -0.146. The smallest absolute Gasteiger partial charge is 0.305 e. The summed E-state index contributed by atoms with van der Waals surface area (Å²) in [6, 6.07) is 0. The van der Waals surface area contributed by atoms with Crippen LogP contribution in [0.5, 0.6) is 0 Å². The summed E-state index contributed by atoms with van der Waals surface area (Å²) in [5, 5.41) is 9.73. The molecule has 0 atom stereocenters. The number of hydrogen-bond donors (Lipinski definition) is 1. The first-order valence-electron chi connectivity index (χ1n) is 27.3. The monoisotopic (exact) mass is 863 g/mol. The Hall–Kier alpha value is -1.18. The Morgan fingerprint density at radius 2 is 0.852 bits per heavy atom. The van der Waals surface area contributed by atoms with Crippen LogP contribution >= 0.6 is 0 Å². The zero-order chi connectivity index (χ0) is 44.3. The van der Waals surface area contributed by atoms with E-state index in [-0.39, 0.29) is 18.5 Å². The number of carbonyl (C=O) groups is 2. The first-order valence-corrected chi connectivity index (χ1v) is 27.3. The fourth-order valence-electron chi connectivity index (χ4n) is 9.38. The molecular weight excluding hydrogens is 757 g/mol. The van der Waals surface area contributed by atoms with Gasteiger partial charge in [0.1, 0.15) is 0 Å². The van der Waals surface area contributed by atoms with Gasteiger partial charge in [-0.2, -0.15) is 0 Å². The minimum Gasteiger partial charge on any atom is -0.465 e. The zero-order valence-electron chi connectivity index (χ0n) is 41.5. The molecule has 1 aliphatic rings. The molecule has 0 aliphatic carbocycles. The van der Waals surface area contributed by atoms with Crippen molar-refractivity contribution in [3.8, 4) is 0 Å². The number of esters is 2. The van der Waals surface area contributed by atoms with Gasteiger partial charge >= 0.3 is 11.9 Å². The van der Waals surface area contributed by atoms with E-state index in [1.165, 1.54) is 180 Å². The number of unbranched alkanes of at least 4 members (excludes halogenated alkanes) is 24. The Morgan fingerprint density at radius 3 is 1.25 bits per heavy atom. The maximum atomic E-state index is 12.7. The minimum atomic E-state index is -0.0149. The molecule has 0 radical (unpaired) electrons. The zero-order valence-corrected chi connectivity index (χ0v) is 41.5. The molecule has 1 saturated heterocycles. The van der Waals surface area contributed by atoms with Crippen LogP contribution in [0.1, 0.15) is 259 Å². The summed E-state index contributed by atoms with van der Waals surface area (Å²) in [7, 11) is 0. The number of rotatable bonds is 48. The van der Waals surface area contributed by atoms with E-state index in [0.29, 0.717) is 43.8 Å². The summed E-state index contributed by atoms with van der Waals surface area (Å²) in [6.07, 6.45) is 43.7. The third kappa shape index (κ3) is 36.8. The van der Waals surface area contributed by atoms with Gasteiger partial charge in [0.25, 0.3) is 0 Å². The van der Waals surface area contributed by atoms with Crippen LogP contribution in [0.2, 0.25) is 0 Å². The third-order valence-corrected chi connectivity index (χ3v) is 13.5. The Bertz CT molecular complexity index is 910. The third-order valence-electron chi connectivity index (χ3n) is 13.5. The molecule has 0 aromatic carbocycles. The highest BCUT2D eigenvalue weighted by Crippen LogP contribution is 2.23. The van der Waals surface area contributed by atoms with Crippen molar-refractivity contribution in [3.63, 3.8) is 0 Å². The first kappa shape index (κ1) is 57.8. The maximum Gasteiger partial charge on any atom is 0.305 e. The lowest BCUT2D eigenvalue weighted by atomic mass is 9.94. The van der Waals surface area contributed by atoms with Crippen molar-refractivity contribution < 1.29 is 24.2 Å². The van der Waals surface area contributed by atoms with E-state index in [1.807, 2.05) is 0 Å². The summed E-state index contributed by atoms with van der Waals surface area (Å²) < 4.78 is 11.7. The molecule has 7 nitrogen and oxygen atoms in total. The highest BCUT2D eigenvalue weighted by atomic mass is 16.5. The number of likely N-dealkylation sites (tertiary alicyclic amines) is 1. The Morgan fingerprint density at radius 1 is 0.492 bits per heavy atom. The molecule has 1 aliphatic heterocycles. The van der Waals surface area contributed by atoms with E-state index in [2.05, 4.69) is 37.5 Å². The molecule has 7 heteroatoms. The average molecular weight is 863 g/mol. The second-order valence-corrected chi connectivity index (χ2v) is 19.6. The minimum absolute atomic E-state index is 0.00474. The Kier molecular flexibility index (Phi) is 41.8. The van der Waals surface area contributed by atoms with Crippen LogP contribution in [0, 0.1) is 17.8 Å². The largest absolute Gasteiger partial charge is 0.465 e. The molecule has 0 aromatic heterocycles. The molecular formula is C54H106N2O5. The van der Waals surface area contributed by atoms with Gasteiger partial charge in [0.2, 0.25) is 0 Å². The van der Waals surface area contributed by atoms with Crippen LogP contribution < -0.4 is 0 Å². The molecule has 61 heavy (non-hydrogen) atoms. The summed E-state index contributed by atoms with van der Waals surface area (Å²) in [5.74, 6) is 1.71. The molecule has 1 N–H and O–H groups in total. The molecule has 1 heterocycles. The van der Waals surface area contributed by atoms with Crippen molar-refractivity contribution in [2.75, 3.05) is 59.1 Å². The van der Waals surface area contributed by atoms with Gasteiger partial charge in [0.05, 0.1) is 19.8 Å². The molecule has 1 rings (SSSR count).